The molecule has 0 saturated carbocycles. The Morgan fingerprint density at radius 1 is 1.11 bits per heavy atom. The number of halogens is 1. The number of methoxy groups -OCH3 is 1. The lowest BCUT2D eigenvalue weighted by Gasteiger charge is -2.11. The number of hydrogen-bond acceptors (Lipinski definition) is 7. The summed E-state index contributed by atoms with van der Waals surface area (Å²) in [5, 5.41) is 5.79. The van der Waals surface area contributed by atoms with Crippen molar-refractivity contribution in [2.45, 2.75) is 6.92 Å². The van der Waals surface area contributed by atoms with Gasteiger partial charge in [-0.2, -0.15) is 9.78 Å². The minimum Gasteiger partial charge on any atom is -0.493 e. The van der Waals surface area contributed by atoms with E-state index < -0.39 is 5.97 Å². The van der Waals surface area contributed by atoms with Crippen molar-refractivity contribution in [1.82, 2.24) is 9.66 Å². The van der Waals surface area contributed by atoms with E-state index in [1.807, 2.05) is 59.0 Å². The molecule has 0 bridgehead atoms. The molecule has 0 fully saturated rings. The van der Waals surface area contributed by atoms with Gasteiger partial charge in [-0.1, -0.05) is 30.3 Å². The minimum absolute atomic E-state index is 0.277. The Bertz CT molecular complexity index is 1650. The molecule has 8 nitrogen and oxygen atoms in total. The van der Waals surface area contributed by atoms with Crippen molar-refractivity contribution in [3.8, 4) is 23.1 Å². The first kappa shape index (κ1) is 22.8. The lowest BCUT2D eigenvalue weighted by atomic mass is 10.2. The summed E-state index contributed by atoms with van der Waals surface area (Å²) in [6.07, 6.45) is 1.52. The molecule has 0 amide bonds. The number of esters is 1. The average molecular weight is 579 g/mol. The van der Waals surface area contributed by atoms with Gasteiger partial charge >= 0.3 is 5.97 Å². The monoisotopic (exact) mass is 579 g/mol. The van der Waals surface area contributed by atoms with Crippen molar-refractivity contribution in [1.29, 1.82) is 0 Å². The number of carbonyl (C=O) groups is 1. The van der Waals surface area contributed by atoms with Crippen LogP contribution in [0.15, 0.2) is 81.0 Å². The summed E-state index contributed by atoms with van der Waals surface area (Å²) in [5.74, 6) is 0.940. The van der Waals surface area contributed by atoms with Gasteiger partial charge in [0, 0.05) is 12.3 Å². The highest BCUT2D eigenvalue weighted by Crippen LogP contribution is 2.34. The van der Waals surface area contributed by atoms with Crippen molar-refractivity contribution >= 4 is 56.6 Å². The third-order valence-corrected chi connectivity index (χ3v) is 6.02. The summed E-state index contributed by atoms with van der Waals surface area (Å²) < 4.78 is 18.5. The van der Waals surface area contributed by atoms with Crippen LogP contribution in [-0.2, 0) is 4.79 Å². The standard InChI is InChI=1S/C26H18IN3O5/c1-15(31)34-24-19(27)11-16(12-22(24)33-2)14-28-30-25(23-13-17-7-3-6-10-21(17)35-23)29-20-9-5-4-8-18(20)26(30)32/h3-14H,1-2H3. The molecule has 0 aliphatic rings. The van der Waals surface area contributed by atoms with Gasteiger partial charge in [-0.05, 0) is 64.6 Å². The van der Waals surface area contributed by atoms with Crippen molar-refractivity contribution in [2.24, 2.45) is 5.10 Å². The van der Waals surface area contributed by atoms with Crippen LogP contribution in [0.5, 0.6) is 11.5 Å². The summed E-state index contributed by atoms with van der Waals surface area (Å²) >= 11 is 2.05. The molecule has 0 unspecified atom stereocenters. The van der Waals surface area contributed by atoms with Crippen molar-refractivity contribution in [2.75, 3.05) is 7.11 Å². The van der Waals surface area contributed by atoms with Crippen molar-refractivity contribution in [3.63, 3.8) is 0 Å². The minimum atomic E-state index is -0.452. The maximum atomic E-state index is 13.4. The quantitative estimate of drug-likeness (QED) is 0.123. The van der Waals surface area contributed by atoms with Gasteiger partial charge in [0.2, 0.25) is 5.82 Å². The smallest absolute Gasteiger partial charge is 0.308 e. The number of aromatic nitrogens is 2. The van der Waals surface area contributed by atoms with Gasteiger partial charge in [-0.15, -0.1) is 0 Å². The van der Waals surface area contributed by atoms with E-state index in [-0.39, 0.29) is 11.4 Å². The maximum Gasteiger partial charge on any atom is 0.308 e. The van der Waals surface area contributed by atoms with Gasteiger partial charge in [0.25, 0.3) is 5.56 Å². The Hall–Kier alpha value is -3.99. The summed E-state index contributed by atoms with van der Waals surface area (Å²) in [4.78, 5) is 29.5. The molecule has 0 spiro atoms. The lowest BCUT2D eigenvalue weighted by molar-refractivity contribution is -0.132. The number of fused-ring (bicyclic) bond motifs is 2. The van der Waals surface area contributed by atoms with Crippen LogP contribution in [0.1, 0.15) is 12.5 Å². The lowest BCUT2D eigenvalue weighted by Crippen LogP contribution is -2.20. The van der Waals surface area contributed by atoms with Crippen LogP contribution in [0.25, 0.3) is 33.5 Å². The van der Waals surface area contributed by atoms with Gasteiger partial charge in [-0.25, -0.2) is 4.98 Å². The first-order chi connectivity index (χ1) is 16.9. The maximum absolute atomic E-state index is 13.4. The van der Waals surface area contributed by atoms with Gasteiger partial charge in [0.15, 0.2) is 17.3 Å². The highest BCUT2D eigenvalue weighted by atomic mass is 127. The second kappa shape index (κ2) is 9.34. The normalized spacial score (nSPS) is 11.4. The zero-order chi connectivity index (χ0) is 24.5. The fourth-order valence-electron chi connectivity index (χ4n) is 3.66. The highest BCUT2D eigenvalue weighted by Gasteiger charge is 2.17. The van der Waals surface area contributed by atoms with E-state index in [0.29, 0.717) is 42.9 Å². The fraction of sp³-hybridized carbons (Fsp3) is 0.0769. The van der Waals surface area contributed by atoms with Gasteiger partial charge in [0.1, 0.15) is 5.58 Å². The topological polar surface area (TPSA) is 95.9 Å². The Morgan fingerprint density at radius 3 is 2.66 bits per heavy atom. The zero-order valence-electron chi connectivity index (χ0n) is 18.7. The van der Waals surface area contributed by atoms with Crippen LogP contribution >= 0.6 is 22.6 Å². The first-order valence-electron chi connectivity index (χ1n) is 10.6. The van der Waals surface area contributed by atoms with Crippen LogP contribution in [0.4, 0.5) is 0 Å². The summed E-state index contributed by atoms with van der Waals surface area (Å²) in [7, 11) is 1.48. The molecule has 174 valence electrons. The van der Waals surface area contributed by atoms with Gasteiger partial charge < -0.3 is 13.9 Å². The SMILES string of the molecule is COc1cc(C=Nn2c(-c3cc4ccccc4o3)nc3ccccc3c2=O)cc(I)c1OC(C)=O. The van der Waals surface area contributed by atoms with E-state index in [4.69, 9.17) is 13.9 Å². The second-order valence-corrected chi connectivity index (χ2v) is 8.75. The van der Waals surface area contributed by atoms with Gasteiger partial charge in [0.05, 0.1) is 27.8 Å². The zero-order valence-corrected chi connectivity index (χ0v) is 20.8. The Kier molecular flexibility index (Phi) is 6.08. The molecule has 0 aliphatic heterocycles. The number of para-hydroxylation sites is 2. The van der Waals surface area contributed by atoms with E-state index in [0.717, 1.165) is 5.39 Å². The number of furan rings is 1. The molecule has 0 N–H and O–H groups in total. The molecule has 9 heteroatoms. The largest absolute Gasteiger partial charge is 0.493 e. The molecule has 2 heterocycles. The van der Waals surface area contributed by atoms with E-state index in [1.165, 1.54) is 24.9 Å². The van der Waals surface area contributed by atoms with E-state index in [9.17, 15) is 9.59 Å². The summed E-state index contributed by atoms with van der Waals surface area (Å²) in [5.41, 5.74) is 1.53. The molecular weight excluding hydrogens is 561 g/mol. The van der Waals surface area contributed by atoms with E-state index >= 15 is 0 Å². The summed E-state index contributed by atoms with van der Waals surface area (Å²) in [6, 6.07) is 19.9. The number of hydrogen-bond donors (Lipinski definition) is 0. The fourth-order valence-corrected chi connectivity index (χ4v) is 4.40. The van der Waals surface area contributed by atoms with Crippen LogP contribution < -0.4 is 15.0 Å². The number of benzene rings is 3. The predicted molar refractivity (Wildman–Crippen MR) is 141 cm³/mol. The molecular formula is C26H18IN3O5. The number of ether oxygens (including phenoxy) is 2. The molecule has 0 atom stereocenters. The van der Waals surface area contributed by atoms with Crippen molar-refractivity contribution in [3.05, 3.63) is 86.2 Å². The Morgan fingerprint density at radius 2 is 1.89 bits per heavy atom. The molecule has 0 saturated heterocycles. The first-order valence-corrected chi connectivity index (χ1v) is 11.6. The molecule has 0 aliphatic carbocycles. The van der Waals surface area contributed by atoms with E-state index in [2.05, 4.69) is 10.1 Å². The van der Waals surface area contributed by atoms with Crippen molar-refractivity contribution < 1.29 is 18.7 Å². The van der Waals surface area contributed by atoms with Gasteiger partial charge in [-0.3, -0.25) is 9.59 Å². The Labute approximate surface area is 212 Å². The molecule has 0 radical (unpaired) electrons. The molecule has 3 aromatic carbocycles. The molecule has 5 aromatic rings. The third-order valence-electron chi connectivity index (χ3n) is 5.22. The Balaban J connectivity index is 1.67. The van der Waals surface area contributed by atoms with Crippen LogP contribution in [-0.4, -0.2) is 29.0 Å². The predicted octanol–water partition coefficient (Wildman–Crippen LogP) is 5.23. The van der Waals surface area contributed by atoms with Crippen LogP contribution in [0.2, 0.25) is 0 Å². The third kappa shape index (κ3) is 4.42. The highest BCUT2D eigenvalue weighted by molar-refractivity contribution is 14.1. The molecule has 35 heavy (non-hydrogen) atoms. The number of nitrogens with zero attached hydrogens (tertiary/aromatic N) is 3. The van der Waals surface area contributed by atoms with Crippen LogP contribution in [0.3, 0.4) is 0 Å². The number of carbonyl (C=O) groups excluding carboxylic acids is 1. The number of rotatable bonds is 5. The van der Waals surface area contributed by atoms with E-state index in [1.54, 1.807) is 30.3 Å². The van der Waals surface area contributed by atoms with Crippen LogP contribution in [0, 0.1) is 3.57 Å². The summed E-state index contributed by atoms with van der Waals surface area (Å²) in [6.45, 7) is 1.32. The second-order valence-electron chi connectivity index (χ2n) is 7.59. The molecule has 5 rings (SSSR count). The molecule has 2 aromatic heterocycles. The average Bonchev–Trinajstić information content (AvgIpc) is 3.28.